The van der Waals surface area contributed by atoms with Crippen LogP contribution >= 0.6 is 11.3 Å². The van der Waals surface area contributed by atoms with Gasteiger partial charge in [0.05, 0.1) is 10.7 Å². The van der Waals surface area contributed by atoms with Crippen molar-refractivity contribution in [1.29, 1.82) is 0 Å². The van der Waals surface area contributed by atoms with Crippen molar-refractivity contribution in [2.45, 2.75) is 26.7 Å². The summed E-state index contributed by atoms with van der Waals surface area (Å²) in [6.45, 7) is 6.35. The second-order valence-corrected chi connectivity index (χ2v) is 4.75. The standard InChI is InChI=1S/C12H14N2S/c1-8(2)12-14-11(7-15-12)10-5-4-6-13-9(10)3/h4-8H,1-3H3. The second kappa shape index (κ2) is 4.11. The van der Waals surface area contributed by atoms with Crippen LogP contribution in [0.4, 0.5) is 0 Å². The van der Waals surface area contributed by atoms with Crippen molar-refractivity contribution in [2.75, 3.05) is 0 Å². The zero-order valence-electron chi connectivity index (χ0n) is 9.19. The van der Waals surface area contributed by atoms with Gasteiger partial charge in [-0.25, -0.2) is 4.98 Å². The Labute approximate surface area is 94.0 Å². The molecule has 0 N–H and O–H groups in total. The molecule has 0 atom stereocenters. The van der Waals surface area contributed by atoms with Crippen LogP contribution in [0.2, 0.25) is 0 Å². The number of pyridine rings is 1. The molecule has 0 spiro atoms. The molecule has 0 aliphatic rings. The van der Waals surface area contributed by atoms with Crippen LogP contribution in [0.3, 0.4) is 0 Å². The molecule has 0 fully saturated rings. The van der Waals surface area contributed by atoms with Crippen molar-refractivity contribution in [2.24, 2.45) is 0 Å². The largest absolute Gasteiger partial charge is 0.261 e. The molecule has 2 aromatic rings. The number of aromatic nitrogens is 2. The topological polar surface area (TPSA) is 25.8 Å². The van der Waals surface area contributed by atoms with Crippen molar-refractivity contribution in [1.82, 2.24) is 9.97 Å². The summed E-state index contributed by atoms with van der Waals surface area (Å²) in [5.41, 5.74) is 3.23. The lowest BCUT2D eigenvalue weighted by atomic mass is 10.1. The van der Waals surface area contributed by atoms with Gasteiger partial charge in [0.15, 0.2) is 0 Å². The highest BCUT2D eigenvalue weighted by molar-refractivity contribution is 7.10. The Morgan fingerprint density at radius 1 is 1.33 bits per heavy atom. The fraction of sp³-hybridized carbons (Fsp3) is 0.333. The van der Waals surface area contributed by atoms with E-state index in [0.717, 1.165) is 17.0 Å². The molecule has 0 aliphatic heterocycles. The van der Waals surface area contributed by atoms with Gasteiger partial charge in [-0.05, 0) is 19.1 Å². The fourth-order valence-electron chi connectivity index (χ4n) is 1.43. The fourth-order valence-corrected chi connectivity index (χ4v) is 2.27. The molecule has 3 heteroatoms. The monoisotopic (exact) mass is 218 g/mol. The van der Waals surface area contributed by atoms with Crippen LogP contribution in [0, 0.1) is 6.92 Å². The number of aryl methyl sites for hydroxylation is 1. The predicted molar refractivity (Wildman–Crippen MR) is 64.2 cm³/mol. The van der Waals surface area contributed by atoms with Gasteiger partial charge in [-0.15, -0.1) is 11.3 Å². The summed E-state index contributed by atoms with van der Waals surface area (Å²) in [7, 11) is 0. The first-order valence-corrected chi connectivity index (χ1v) is 5.94. The molecule has 0 radical (unpaired) electrons. The van der Waals surface area contributed by atoms with E-state index in [1.54, 1.807) is 11.3 Å². The highest BCUT2D eigenvalue weighted by Crippen LogP contribution is 2.27. The highest BCUT2D eigenvalue weighted by Gasteiger charge is 2.09. The number of nitrogens with zero attached hydrogens (tertiary/aromatic N) is 2. The van der Waals surface area contributed by atoms with E-state index in [1.807, 2.05) is 19.2 Å². The van der Waals surface area contributed by atoms with Crippen LogP contribution in [-0.4, -0.2) is 9.97 Å². The number of hydrogen-bond acceptors (Lipinski definition) is 3. The molecule has 2 nitrogen and oxygen atoms in total. The summed E-state index contributed by atoms with van der Waals surface area (Å²) in [5, 5.41) is 3.30. The lowest BCUT2D eigenvalue weighted by molar-refractivity contribution is 0.853. The Hall–Kier alpha value is -1.22. The minimum Gasteiger partial charge on any atom is -0.261 e. The Morgan fingerprint density at radius 2 is 2.13 bits per heavy atom. The third kappa shape index (κ3) is 2.07. The Kier molecular flexibility index (Phi) is 2.82. The first-order chi connectivity index (χ1) is 7.18. The molecule has 0 aromatic carbocycles. The summed E-state index contributed by atoms with van der Waals surface area (Å²) in [6, 6.07) is 4.03. The molecule has 2 heterocycles. The van der Waals surface area contributed by atoms with Gasteiger partial charge >= 0.3 is 0 Å². The molecule has 0 bridgehead atoms. The molecule has 15 heavy (non-hydrogen) atoms. The normalized spacial score (nSPS) is 10.9. The predicted octanol–water partition coefficient (Wildman–Crippen LogP) is 3.64. The van der Waals surface area contributed by atoms with Gasteiger partial charge < -0.3 is 0 Å². The van der Waals surface area contributed by atoms with E-state index in [0.29, 0.717) is 5.92 Å². The molecule has 0 amide bonds. The molecule has 0 unspecified atom stereocenters. The van der Waals surface area contributed by atoms with Crippen LogP contribution in [0.15, 0.2) is 23.7 Å². The minimum atomic E-state index is 0.501. The van der Waals surface area contributed by atoms with Crippen LogP contribution in [0.5, 0.6) is 0 Å². The maximum atomic E-state index is 4.62. The quantitative estimate of drug-likeness (QED) is 0.769. The summed E-state index contributed by atoms with van der Waals surface area (Å²) >= 11 is 1.72. The van der Waals surface area contributed by atoms with Gasteiger partial charge in [-0.1, -0.05) is 13.8 Å². The summed E-state index contributed by atoms with van der Waals surface area (Å²) in [4.78, 5) is 8.89. The first kappa shape index (κ1) is 10.3. The van der Waals surface area contributed by atoms with Gasteiger partial charge in [-0.2, -0.15) is 0 Å². The number of thiazole rings is 1. The molecule has 0 saturated heterocycles. The van der Waals surface area contributed by atoms with Crippen molar-refractivity contribution >= 4 is 11.3 Å². The van der Waals surface area contributed by atoms with E-state index in [1.165, 1.54) is 5.01 Å². The summed E-state index contributed by atoms with van der Waals surface area (Å²) in [5.74, 6) is 0.501. The van der Waals surface area contributed by atoms with Crippen LogP contribution < -0.4 is 0 Å². The van der Waals surface area contributed by atoms with Gasteiger partial charge in [0.25, 0.3) is 0 Å². The smallest absolute Gasteiger partial charge is 0.0958 e. The molecule has 2 aromatic heterocycles. The molecule has 0 aliphatic carbocycles. The van der Waals surface area contributed by atoms with E-state index >= 15 is 0 Å². The molecular formula is C12H14N2S. The molecule has 78 valence electrons. The van der Waals surface area contributed by atoms with E-state index in [4.69, 9.17) is 0 Å². The van der Waals surface area contributed by atoms with E-state index in [9.17, 15) is 0 Å². The Morgan fingerprint density at radius 3 is 2.73 bits per heavy atom. The minimum absolute atomic E-state index is 0.501. The summed E-state index contributed by atoms with van der Waals surface area (Å²) in [6.07, 6.45) is 1.81. The zero-order chi connectivity index (χ0) is 10.8. The number of hydrogen-bond donors (Lipinski definition) is 0. The molecule has 2 rings (SSSR count). The van der Waals surface area contributed by atoms with Crippen LogP contribution in [0.1, 0.15) is 30.5 Å². The van der Waals surface area contributed by atoms with Gasteiger partial charge in [0.1, 0.15) is 0 Å². The average molecular weight is 218 g/mol. The van der Waals surface area contributed by atoms with Crippen molar-refractivity contribution in [3.8, 4) is 11.3 Å². The van der Waals surface area contributed by atoms with Crippen molar-refractivity contribution in [3.05, 3.63) is 34.4 Å². The lowest BCUT2D eigenvalue weighted by Crippen LogP contribution is -1.89. The van der Waals surface area contributed by atoms with E-state index in [2.05, 4.69) is 35.3 Å². The third-order valence-electron chi connectivity index (χ3n) is 2.30. The SMILES string of the molecule is Cc1ncccc1-c1csc(C(C)C)n1. The van der Waals surface area contributed by atoms with Gasteiger partial charge in [-0.3, -0.25) is 4.98 Å². The zero-order valence-corrected chi connectivity index (χ0v) is 10.0. The lowest BCUT2D eigenvalue weighted by Gasteiger charge is -2.00. The molecular weight excluding hydrogens is 204 g/mol. The third-order valence-corrected chi connectivity index (χ3v) is 3.44. The van der Waals surface area contributed by atoms with E-state index in [-0.39, 0.29) is 0 Å². The number of rotatable bonds is 2. The van der Waals surface area contributed by atoms with Crippen LogP contribution in [-0.2, 0) is 0 Å². The Balaban J connectivity index is 2.42. The van der Waals surface area contributed by atoms with Crippen LogP contribution in [0.25, 0.3) is 11.3 Å². The Bertz CT molecular complexity index is 460. The maximum absolute atomic E-state index is 4.62. The van der Waals surface area contributed by atoms with Gasteiger partial charge in [0.2, 0.25) is 0 Å². The van der Waals surface area contributed by atoms with E-state index < -0.39 is 0 Å². The highest BCUT2D eigenvalue weighted by atomic mass is 32.1. The molecule has 0 saturated carbocycles. The maximum Gasteiger partial charge on any atom is 0.0958 e. The second-order valence-electron chi connectivity index (χ2n) is 3.86. The van der Waals surface area contributed by atoms with Gasteiger partial charge in [0, 0.05) is 28.8 Å². The summed E-state index contributed by atoms with van der Waals surface area (Å²) < 4.78 is 0. The van der Waals surface area contributed by atoms with Crippen molar-refractivity contribution < 1.29 is 0 Å². The average Bonchev–Trinajstić information content (AvgIpc) is 2.67. The first-order valence-electron chi connectivity index (χ1n) is 5.06. The van der Waals surface area contributed by atoms with Crippen molar-refractivity contribution in [3.63, 3.8) is 0 Å².